The number of para-hydroxylation sites is 1. The number of anilines is 1. The minimum absolute atomic E-state index is 0.242. The Bertz CT molecular complexity index is 364. The first-order valence-electron chi connectivity index (χ1n) is 7.18. The van der Waals surface area contributed by atoms with Gasteiger partial charge in [0.15, 0.2) is 0 Å². The van der Waals surface area contributed by atoms with Crippen LogP contribution < -0.4 is 10.2 Å². The van der Waals surface area contributed by atoms with Gasteiger partial charge < -0.3 is 15.3 Å². The van der Waals surface area contributed by atoms with Crippen LogP contribution in [0.1, 0.15) is 32.8 Å². The van der Waals surface area contributed by atoms with Gasteiger partial charge in [0.2, 0.25) is 0 Å². The molecule has 2 N–H and O–H groups in total. The van der Waals surface area contributed by atoms with E-state index in [1.165, 1.54) is 11.3 Å². The van der Waals surface area contributed by atoms with Crippen molar-refractivity contribution in [3.8, 4) is 0 Å². The molecule has 0 aliphatic carbocycles. The SMILES string of the molecule is CC(C)CNCc1ccccc1N(C)CCC(C)O. The van der Waals surface area contributed by atoms with Crippen LogP contribution in [0.5, 0.6) is 0 Å². The zero-order valence-corrected chi connectivity index (χ0v) is 12.7. The Morgan fingerprint density at radius 2 is 1.89 bits per heavy atom. The molecular weight excluding hydrogens is 236 g/mol. The smallest absolute Gasteiger partial charge is 0.0528 e. The number of hydrogen-bond donors (Lipinski definition) is 2. The molecule has 0 fully saturated rings. The standard InChI is InChI=1S/C16H28N2O/c1-13(2)11-17-12-15-7-5-6-8-16(15)18(4)10-9-14(3)19/h5-8,13-14,17,19H,9-12H2,1-4H3. The molecule has 0 saturated carbocycles. The van der Waals surface area contributed by atoms with Gasteiger partial charge in [-0.05, 0) is 37.4 Å². The molecule has 0 amide bonds. The van der Waals surface area contributed by atoms with E-state index in [2.05, 4.69) is 55.4 Å². The molecule has 0 aliphatic rings. The number of aliphatic hydroxyl groups is 1. The summed E-state index contributed by atoms with van der Waals surface area (Å²) in [5, 5.41) is 12.9. The molecule has 108 valence electrons. The molecule has 3 nitrogen and oxygen atoms in total. The summed E-state index contributed by atoms with van der Waals surface area (Å²) in [6.07, 6.45) is 0.554. The molecule has 1 unspecified atom stereocenters. The van der Waals surface area contributed by atoms with Gasteiger partial charge in [-0.1, -0.05) is 32.0 Å². The van der Waals surface area contributed by atoms with E-state index in [0.717, 1.165) is 26.1 Å². The predicted octanol–water partition coefficient (Wildman–Crippen LogP) is 2.64. The lowest BCUT2D eigenvalue weighted by atomic mass is 10.1. The third kappa shape index (κ3) is 6.08. The van der Waals surface area contributed by atoms with Gasteiger partial charge in [-0.2, -0.15) is 0 Å². The van der Waals surface area contributed by atoms with E-state index in [4.69, 9.17) is 0 Å². The van der Waals surface area contributed by atoms with Crippen molar-refractivity contribution in [2.75, 3.05) is 25.0 Å². The summed E-state index contributed by atoms with van der Waals surface area (Å²) < 4.78 is 0. The van der Waals surface area contributed by atoms with E-state index in [-0.39, 0.29) is 6.10 Å². The minimum atomic E-state index is -0.242. The van der Waals surface area contributed by atoms with Crippen LogP contribution in [0.4, 0.5) is 5.69 Å². The molecule has 0 radical (unpaired) electrons. The van der Waals surface area contributed by atoms with Gasteiger partial charge in [-0.25, -0.2) is 0 Å². The molecule has 1 rings (SSSR count). The summed E-state index contributed by atoms with van der Waals surface area (Å²) in [5.74, 6) is 0.667. The van der Waals surface area contributed by atoms with Crippen LogP contribution in [-0.2, 0) is 6.54 Å². The highest BCUT2D eigenvalue weighted by atomic mass is 16.3. The van der Waals surface area contributed by atoms with Crippen LogP contribution in [0.3, 0.4) is 0 Å². The third-order valence-electron chi connectivity index (χ3n) is 3.15. The van der Waals surface area contributed by atoms with Gasteiger partial charge in [0.25, 0.3) is 0 Å². The average molecular weight is 264 g/mol. The van der Waals surface area contributed by atoms with E-state index in [0.29, 0.717) is 5.92 Å². The number of benzene rings is 1. The van der Waals surface area contributed by atoms with Gasteiger partial charge in [0, 0.05) is 25.8 Å². The largest absolute Gasteiger partial charge is 0.393 e. The van der Waals surface area contributed by atoms with E-state index in [9.17, 15) is 5.11 Å². The second-order valence-corrected chi connectivity index (χ2v) is 5.71. The van der Waals surface area contributed by atoms with Crippen molar-refractivity contribution in [2.45, 2.75) is 39.8 Å². The number of rotatable bonds is 8. The van der Waals surface area contributed by atoms with Crippen molar-refractivity contribution in [1.29, 1.82) is 0 Å². The fourth-order valence-electron chi connectivity index (χ4n) is 2.03. The van der Waals surface area contributed by atoms with Gasteiger partial charge in [-0.15, -0.1) is 0 Å². The van der Waals surface area contributed by atoms with Crippen molar-refractivity contribution in [1.82, 2.24) is 5.32 Å². The van der Waals surface area contributed by atoms with E-state index in [1.807, 2.05) is 6.92 Å². The molecule has 1 aromatic carbocycles. The maximum atomic E-state index is 9.38. The van der Waals surface area contributed by atoms with Crippen molar-refractivity contribution in [3.05, 3.63) is 29.8 Å². The Labute approximate surface area is 117 Å². The van der Waals surface area contributed by atoms with Gasteiger partial charge in [0.05, 0.1) is 6.10 Å². The number of nitrogens with zero attached hydrogens (tertiary/aromatic N) is 1. The Balaban J connectivity index is 2.61. The summed E-state index contributed by atoms with van der Waals surface area (Å²) >= 11 is 0. The molecule has 0 heterocycles. The van der Waals surface area contributed by atoms with Crippen LogP contribution >= 0.6 is 0 Å². The summed E-state index contributed by atoms with van der Waals surface area (Å²) in [5.41, 5.74) is 2.57. The van der Waals surface area contributed by atoms with Crippen LogP contribution in [0.25, 0.3) is 0 Å². The third-order valence-corrected chi connectivity index (χ3v) is 3.15. The molecule has 19 heavy (non-hydrogen) atoms. The lowest BCUT2D eigenvalue weighted by Gasteiger charge is -2.23. The second-order valence-electron chi connectivity index (χ2n) is 5.71. The normalized spacial score (nSPS) is 12.7. The highest BCUT2D eigenvalue weighted by Gasteiger charge is 2.07. The monoisotopic (exact) mass is 264 g/mol. The fourth-order valence-corrected chi connectivity index (χ4v) is 2.03. The van der Waals surface area contributed by atoms with Gasteiger partial charge in [-0.3, -0.25) is 0 Å². The Hall–Kier alpha value is -1.06. The number of aliphatic hydroxyl groups excluding tert-OH is 1. The molecule has 0 bridgehead atoms. The summed E-state index contributed by atoms with van der Waals surface area (Å²) in [6.45, 7) is 9.07. The van der Waals surface area contributed by atoms with Crippen LogP contribution in [0, 0.1) is 5.92 Å². The quantitative estimate of drug-likeness (QED) is 0.757. The highest BCUT2D eigenvalue weighted by Crippen LogP contribution is 2.19. The van der Waals surface area contributed by atoms with E-state index < -0.39 is 0 Å². The van der Waals surface area contributed by atoms with Crippen molar-refractivity contribution in [2.24, 2.45) is 5.92 Å². The van der Waals surface area contributed by atoms with E-state index >= 15 is 0 Å². The van der Waals surface area contributed by atoms with Gasteiger partial charge in [0.1, 0.15) is 0 Å². The number of hydrogen-bond acceptors (Lipinski definition) is 3. The lowest BCUT2D eigenvalue weighted by Crippen LogP contribution is -2.25. The van der Waals surface area contributed by atoms with Gasteiger partial charge >= 0.3 is 0 Å². The molecule has 1 aromatic rings. The lowest BCUT2D eigenvalue weighted by molar-refractivity contribution is 0.187. The maximum absolute atomic E-state index is 9.38. The maximum Gasteiger partial charge on any atom is 0.0528 e. The van der Waals surface area contributed by atoms with Crippen LogP contribution in [0.2, 0.25) is 0 Å². The topological polar surface area (TPSA) is 35.5 Å². The molecule has 0 saturated heterocycles. The molecule has 0 aliphatic heterocycles. The Kier molecular flexibility index (Phi) is 6.89. The highest BCUT2D eigenvalue weighted by molar-refractivity contribution is 5.52. The number of nitrogens with one attached hydrogen (secondary N) is 1. The molecule has 0 spiro atoms. The summed E-state index contributed by atoms with van der Waals surface area (Å²) in [7, 11) is 2.09. The zero-order valence-electron chi connectivity index (χ0n) is 12.7. The van der Waals surface area contributed by atoms with Crippen molar-refractivity contribution < 1.29 is 5.11 Å². The Morgan fingerprint density at radius 3 is 2.53 bits per heavy atom. The summed E-state index contributed by atoms with van der Waals surface area (Å²) in [4.78, 5) is 2.22. The first-order chi connectivity index (χ1) is 9.00. The molecular formula is C16H28N2O. The Morgan fingerprint density at radius 1 is 1.21 bits per heavy atom. The van der Waals surface area contributed by atoms with Crippen LogP contribution in [0.15, 0.2) is 24.3 Å². The van der Waals surface area contributed by atoms with Crippen LogP contribution in [-0.4, -0.2) is 31.3 Å². The fraction of sp³-hybridized carbons (Fsp3) is 0.625. The molecule has 3 heteroatoms. The van der Waals surface area contributed by atoms with Crippen molar-refractivity contribution >= 4 is 5.69 Å². The second kappa shape index (κ2) is 8.18. The summed E-state index contributed by atoms with van der Waals surface area (Å²) in [6, 6.07) is 8.47. The van der Waals surface area contributed by atoms with E-state index in [1.54, 1.807) is 0 Å². The minimum Gasteiger partial charge on any atom is -0.393 e. The first-order valence-corrected chi connectivity index (χ1v) is 7.18. The zero-order chi connectivity index (χ0) is 14.3. The predicted molar refractivity (Wildman–Crippen MR) is 82.6 cm³/mol. The first kappa shape index (κ1) is 16.0. The average Bonchev–Trinajstić information content (AvgIpc) is 2.36. The molecule has 0 aromatic heterocycles. The van der Waals surface area contributed by atoms with Crippen molar-refractivity contribution in [3.63, 3.8) is 0 Å². The molecule has 1 atom stereocenters.